The number of ether oxygens (including phenoxy) is 1. The highest BCUT2D eigenvalue weighted by Crippen LogP contribution is 2.23. The molecule has 1 aromatic heterocycles. The topological polar surface area (TPSA) is 83.5 Å². The minimum Gasteiger partial charge on any atom is -0.450 e. The van der Waals surface area contributed by atoms with Crippen LogP contribution in [-0.2, 0) is 4.74 Å². The highest BCUT2D eigenvalue weighted by molar-refractivity contribution is 5.68. The molecule has 2 heterocycles. The fraction of sp³-hybridized carbons (Fsp3) is 0.375. The predicted molar refractivity (Wildman–Crippen MR) is 90.2 cm³/mol. The summed E-state index contributed by atoms with van der Waals surface area (Å²) in [5.74, 6) is -3.81. The smallest absolute Gasteiger partial charge is 0.409 e. The lowest BCUT2D eigenvalue weighted by Gasteiger charge is -2.33. The zero-order chi connectivity index (χ0) is 19.4. The number of amides is 1. The number of piperazine rings is 1. The summed E-state index contributed by atoms with van der Waals surface area (Å²) in [6, 6.07) is 1.87. The van der Waals surface area contributed by atoms with Gasteiger partial charge in [-0.05, 0) is 19.1 Å². The normalized spacial score (nSPS) is 14.2. The third-order valence-corrected chi connectivity index (χ3v) is 3.93. The van der Waals surface area contributed by atoms with Crippen LogP contribution >= 0.6 is 0 Å². The Bertz CT molecular complexity index is 830. The van der Waals surface area contributed by atoms with Crippen LogP contribution in [0.1, 0.15) is 6.92 Å². The van der Waals surface area contributed by atoms with Crippen molar-refractivity contribution in [2.45, 2.75) is 6.92 Å². The van der Waals surface area contributed by atoms with Gasteiger partial charge >= 0.3 is 6.09 Å². The first-order valence-corrected chi connectivity index (χ1v) is 8.26. The number of hydrogen-bond donors (Lipinski definition) is 1. The molecule has 0 bridgehead atoms. The second-order valence-electron chi connectivity index (χ2n) is 5.66. The number of rotatable bonds is 4. The molecule has 1 saturated heterocycles. The van der Waals surface area contributed by atoms with Gasteiger partial charge in [0.1, 0.15) is 0 Å². The lowest BCUT2D eigenvalue weighted by molar-refractivity contribution is 0.105. The van der Waals surface area contributed by atoms with E-state index in [2.05, 4.69) is 20.5 Å². The van der Waals surface area contributed by atoms with Crippen LogP contribution in [0.3, 0.4) is 0 Å². The molecule has 8 nitrogen and oxygen atoms in total. The van der Waals surface area contributed by atoms with Gasteiger partial charge in [-0.15, -0.1) is 5.10 Å². The fourth-order valence-electron chi connectivity index (χ4n) is 2.55. The van der Waals surface area contributed by atoms with Crippen LogP contribution in [0, 0.1) is 17.5 Å². The lowest BCUT2D eigenvalue weighted by Crippen LogP contribution is -2.49. The summed E-state index contributed by atoms with van der Waals surface area (Å²) in [7, 11) is 0. The van der Waals surface area contributed by atoms with Gasteiger partial charge in [-0.3, -0.25) is 0 Å². The van der Waals surface area contributed by atoms with Gasteiger partial charge in [-0.1, -0.05) is 0 Å². The lowest BCUT2D eigenvalue weighted by atomic mass is 10.3. The highest BCUT2D eigenvalue weighted by Gasteiger charge is 2.24. The van der Waals surface area contributed by atoms with E-state index < -0.39 is 17.5 Å². The number of carbonyl (C=O) groups excluding carboxylic acids is 1. The van der Waals surface area contributed by atoms with Crippen LogP contribution < -0.4 is 10.2 Å². The van der Waals surface area contributed by atoms with Gasteiger partial charge in [0, 0.05) is 26.2 Å². The molecule has 27 heavy (non-hydrogen) atoms. The van der Waals surface area contributed by atoms with E-state index in [-0.39, 0.29) is 23.5 Å². The summed E-state index contributed by atoms with van der Waals surface area (Å²) in [5, 5.41) is 10.3. The Kier molecular flexibility index (Phi) is 5.57. The number of anilines is 3. The maximum atomic E-state index is 13.8. The van der Waals surface area contributed by atoms with Crippen LogP contribution in [0.2, 0.25) is 0 Å². The summed E-state index contributed by atoms with van der Waals surface area (Å²) in [4.78, 5) is 19.3. The van der Waals surface area contributed by atoms with E-state index >= 15 is 0 Å². The molecule has 1 amide bonds. The highest BCUT2D eigenvalue weighted by atomic mass is 19.2. The summed E-state index contributed by atoms with van der Waals surface area (Å²) in [6.07, 6.45) is 0.861. The molecular formula is C16H17F3N6O2. The van der Waals surface area contributed by atoms with Gasteiger partial charge in [0.15, 0.2) is 23.3 Å². The first-order chi connectivity index (χ1) is 13.0. The molecule has 0 aliphatic carbocycles. The van der Waals surface area contributed by atoms with Crippen molar-refractivity contribution in [3.05, 3.63) is 35.8 Å². The summed E-state index contributed by atoms with van der Waals surface area (Å²) < 4.78 is 45.1. The molecule has 0 radical (unpaired) electrons. The number of nitrogens with zero attached hydrogens (tertiary/aromatic N) is 5. The monoisotopic (exact) mass is 382 g/mol. The van der Waals surface area contributed by atoms with Crippen molar-refractivity contribution in [2.24, 2.45) is 0 Å². The van der Waals surface area contributed by atoms with E-state index in [1.165, 1.54) is 6.20 Å². The fourth-order valence-corrected chi connectivity index (χ4v) is 2.55. The number of aromatic nitrogens is 3. The molecule has 11 heteroatoms. The van der Waals surface area contributed by atoms with E-state index in [0.717, 1.165) is 12.1 Å². The maximum Gasteiger partial charge on any atom is 0.409 e. The van der Waals surface area contributed by atoms with Gasteiger partial charge in [-0.25, -0.2) is 18.0 Å². The van der Waals surface area contributed by atoms with Gasteiger partial charge in [0.25, 0.3) is 0 Å². The van der Waals surface area contributed by atoms with Gasteiger partial charge in [0.05, 0.1) is 18.5 Å². The number of nitrogens with one attached hydrogen (secondary N) is 1. The minimum atomic E-state index is -1.57. The van der Waals surface area contributed by atoms with Gasteiger partial charge < -0.3 is 19.9 Å². The maximum absolute atomic E-state index is 13.8. The Labute approximate surface area is 153 Å². The Morgan fingerprint density at radius 2 is 1.93 bits per heavy atom. The molecule has 0 atom stereocenters. The predicted octanol–water partition coefficient (Wildman–Crippen LogP) is 2.31. The number of benzene rings is 1. The molecule has 0 unspecified atom stereocenters. The second kappa shape index (κ2) is 8.06. The first kappa shape index (κ1) is 18.7. The average molecular weight is 382 g/mol. The molecule has 1 aliphatic rings. The standard InChI is InChI=1S/C16H17F3N6O2/c1-2-27-16(26)25-7-5-24(6-8-25)15-22-12(9-20-23-15)21-11-4-3-10(17)13(18)14(11)19/h3-4,9H,2,5-8H2,1H3,(H,21,22,23). The molecule has 0 spiro atoms. The SMILES string of the molecule is CCOC(=O)N1CCN(c2nncc(Nc3ccc(F)c(F)c3F)n2)CC1. The number of hydrogen-bond acceptors (Lipinski definition) is 7. The zero-order valence-electron chi connectivity index (χ0n) is 14.5. The van der Waals surface area contributed by atoms with Crippen molar-refractivity contribution in [3.63, 3.8) is 0 Å². The Morgan fingerprint density at radius 1 is 1.19 bits per heavy atom. The van der Waals surface area contributed by atoms with Crippen LogP contribution in [0.4, 0.5) is 35.4 Å². The van der Waals surface area contributed by atoms with Crippen LogP contribution in [0.5, 0.6) is 0 Å². The van der Waals surface area contributed by atoms with E-state index in [1.807, 2.05) is 0 Å². The molecule has 0 saturated carbocycles. The van der Waals surface area contributed by atoms with E-state index in [4.69, 9.17) is 4.74 Å². The summed E-state index contributed by atoms with van der Waals surface area (Å²) in [5.41, 5.74) is -0.271. The molecule has 2 aromatic rings. The second-order valence-corrected chi connectivity index (χ2v) is 5.66. The van der Waals surface area contributed by atoms with E-state index in [0.29, 0.717) is 32.8 Å². The molecule has 1 fully saturated rings. The third kappa shape index (κ3) is 4.18. The minimum absolute atomic E-state index is 0.123. The average Bonchev–Trinajstić information content (AvgIpc) is 2.69. The van der Waals surface area contributed by atoms with E-state index in [9.17, 15) is 18.0 Å². The molecule has 1 aliphatic heterocycles. The zero-order valence-corrected chi connectivity index (χ0v) is 14.5. The number of halogens is 3. The quantitative estimate of drug-likeness (QED) is 0.813. The van der Waals surface area contributed by atoms with Crippen LogP contribution in [0.15, 0.2) is 18.3 Å². The third-order valence-electron chi connectivity index (χ3n) is 3.93. The molecular weight excluding hydrogens is 365 g/mol. The van der Waals surface area contributed by atoms with Crippen molar-refractivity contribution in [1.29, 1.82) is 0 Å². The van der Waals surface area contributed by atoms with E-state index in [1.54, 1.807) is 16.7 Å². The Morgan fingerprint density at radius 3 is 2.63 bits per heavy atom. The Balaban J connectivity index is 1.68. The van der Waals surface area contributed by atoms with Crippen LogP contribution in [-0.4, -0.2) is 59.0 Å². The van der Waals surface area contributed by atoms with Crippen molar-refractivity contribution < 1.29 is 22.7 Å². The van der Waals surface area contributed by atoms with Crippen molar-refractivity contribution in [2.75, 3.05) is 43.0 Å². The number of carbonyl (C=O) groups is 1. The molecule has 3 rings (SSSR count). The van der Waals surface area contributed by atoms with Crippen molar-refractivity contribution >= 4 is 23.5 Å². The molecule has 144 valence electrons. The van der Waals surface area contributed by atoms with Gasteiger partial charge in [0.2, 0.25) is 5.95 Å². The van der Waals surface area contributed by atoms with Crippen LogP contribution in [0.25, 0.3) is 0 Å². The van der Waals surface area contributed by atoms with Crippen molar-refractivity contribution in [1.82, 2.24) is 20.1 Å². The van der Waals surface area contributed by atoms with Crippen molar-refractivity contribution in [3.8, 4) is 0 Å². The Hall–Kier alpha value is -3.11. The summed E-state index contributed by atoms with van der Waals surface area (Å²) in [6.45, 7) is 3.82. The molecule has 1 aromatic carbocycles. The summed E-state index contributed by atoms with van der Waals surface area (Å²) >= 11 is 0. The first-order valence-electron chi connectivity index (χ1n) is 8.26. The molecule has 1 N–H and O–H groups in total. The van der Waals surface area contributed by atoms with Gasteiger partial charge in [-0.2, -0.15) is 10.1 Å². The largest absolute Gasteiger partial charge is 0.450 e.